The molecule has 2 fully saturated rings. The molecule has 1 aromatic rings. The Labute approximate surface area is 160 Å². The number of aliphatic hydroxyl groups excluding tert-OH is 1. The van der Waals surface area contributed by atoms with Crippen molar-refractivity contribution in [3.8, 4) is 0 Å². The monoisotopic (exact) mass is 402 g/mol. The van der Waals surface area contributed by atoms with Crippen LogP contribution in [0.25, 0.3) is 0 Å². The number of carbonyl (C=O) groups excluding carboxylic acids is 1. The first-order valence-electron chi connectivity index (χ1n) is 9.67. The lowest BCUT2D eigenvalue weighted by atomic mass is 9.78. The fourth-order valence-electron chi connectivity index (χ4n) is 4.20. The molecule has 10 heteroatoms. The lowest BCUT2D eigenvalue weighted by molar-refractivity contribution is -0.272. The van der Waals surface area contributed by atoms with Crippen molar-refractivity contribution in [2.75, 3.05) is 18.5 Å². The van der Waals surface area contributed by atoms with Gasteiger partial charge in [0.1, 0.15) is 0 Å². The summed E-state index contributed by atoms with van der Waals surface area (Å²) < 4.78 is 40.8. The second kappa shape index (κ2) is 6.62. The molecular weight excluding hydrogens is 377 g/mol. The molecule has 0 aromatic carbocycles. The third-order valence-electron chi connectivity index (χ3n) is 6.31. The highest BCUT2D eigenvalue weighted by Gasteiger charge is 2.55. The fraction of sp³-hybridized carbons (Fsp3) is 0.778. The number of nitrogens with zero attached hydrogens (tertiary/aromatic N) is 4. The molecule has 7 nitrogen and oxygen atoms in total. The predicted octanol–water partition coefficient (Wildman–Crippen LogP) is 1.94. The van der Waals surface area contributed by atoms with E-state index in [4.69, 9.17) is 0 Å². The molecule has 0 spiro atoms. The van der Waals surface area contributed by atoms with Crippen LogP contribution < -0.4 is 4.90 Å². The maximum absolute atomic E-state index is 13.1. The molecule has 0 bridgehead atoms. The Bertz CT molecular complexity index is 754. The molecule has 0 radical (unpaired) electrons. The quantitative estimate of drug-likeness (QED) is 0.805. The molecule has 4 rings (SSSR count). The summed E-state index contributed by atoms with van der Waals surface area (Å²) in [7, 11) is 1.64. The van der Waals surface area contributed by atoms with E-state index in [9.17, 15) is 28.2 Å². The van der Waals surface area contributed by atoms with Crippen LogP contribution in [-0.4, -0.2) is 62.3 Å². The summed E-state index contributed by atoms with van der Waals surface area (Å²) in [5.41, 5.74) is -2.23. The van der Waals surface area contributed by atoms with E-state index < -0.39 is 18.1 Å². The molecule has 3 aliphatic rings. The minimum Gasteiger partial charge on any atom is -0.380 e. The largest absolute Gasteiger partial charge is 0.417 e. The number of rotatable bonds is 4. The van der Waals surface area contributed by atoms with Gasteiger partial charge in [-0.2, -0.15) is 13.2 Å². The third kappa shape index (κ3) is 3.26. The second-order valence-electron chi connectivity index (χ2n) is 8.40. The van der Waals surface area contributed by atoms with Crippen LogP contribution >= 0.6 is 0 Å². The van der Waals surface area contributed by atoms with E-state index in [0.29, 0.717) is 24.0 Å². The standard InChI is InChI=1S/C18H25F3N4O3/c1-23-14-13(24(10-22-14)8-11-2-3-11)15(26)25(16(23)27)9-12-4-6-17(28,7-5-12)18(19,20)21/h10-12,16,27-28H,2-9H2,1H3/t12-,16?,17-. The third-order valence-corrected chi connectivity index (χ3v) is 6.31. The Morgan fingerprint density at radius 2 is 1.79 bits per heavy atom. The molecule has 1 aliphatic heterocycles. The Kier molecular flexibility index (Phi) is 4.61. The molecule has 1 aromatic heterocycles. The number of fused-ring (bicyclic) bond motifs is 1. The summed E-state index contributed by atoms with van der Waals surface area (Å²) in [6, 6.07) is 0. The van der Waals surface area contributed by atoms with Crippen LogP contribution in [0.5, 0.6) is 0 Å². The number of hydrogen-bond acceptors (Lipinski definition) is 5. The zero-order valence-corrected chi connectivity index (χ0v) is 15.7. The highest BCUT2D eigenvalue weighted by molar-refractivity contribution is 5.99. The number of hydrogen-bond donors (Lipinski definition) is 2. The van der Waals surface area contributed by atoms with E-state index in [0.717, 1.165) is 12.8 Å². The molecule has 2 N–H and O–H groups in total. The molecule has 2 heterocycles. The van der Waals surface area contributed by atoms with E-state index >= 15 is 0 Å². The minimum atomic E-state index is -4.65. The molecule has 1 unspecified atom stereocenters. The van der Waals surface area contributed by atoms with E-state index in [2.05, 4.69) is 4.98 Å². The highest BCUT2D eigenvalue weighted by atomic mass is 19.4. The zero-order valence-electron chi connectivity index (χ0n) is 15.7. The number of anilines is 1. The van der Waals surface area contributed by atoms with E-state index in [1.165, 1.54) is 9.80 Å². The van der Waals surface area contributed by atoms with Crippen molar-refractivity contribution in [3.63, 3.8) is 0 Å². The smallest absolute Gasteiger partial charge is 0.380 e. The van der Waals surface area contributed by atoms with Gasteiger partial charge in [0.25, 0.3) is 5.91 Å². The average molecular weight is 402 g/mol. The first-order chi connectivity index (χ1) is 13.1. The normalized spacial score (nSPS) is 31.3. The SMILES string of the molecule is CN1c2ncn(CC3CC3)c2C(=O)N(C[C@H]2CC[C@@](O)(C(F)(F)F)CC2)C1O. The van der Waals surface area contributed by atoms with Gasteiger partial charge in [-0.1, -0.05) is 0 Å². The van der Waals surface area contributed by atoms with E-state index in [-0.39, 0.29) is 44.1 Å². The van der Waals surface area contributed by atoms with Crippen LogP contribution in [-0.2, 0) is 6.54 Å². The Morgan fingerprint density at radius 3 is 2.36 bits per heavy atom. The zero-order chi connectivity index (χ0) is 20.3. The van der Waals surface area contributed by atoms with E-state index in [1.807, 2.05) is 4.57 Å². The van der Waals surface area contributed by atoms with Gasteiger partial charge in [-0.05, 0) is 50.4 Å². The second-order valence-corrected chi connectivity index (χ2v) is 8.40. The van der Waals surface area contributed by atoms with Gasteiger partial charge in [0.05, 0.1) is 6.33 Å². The predicted molar refractivity (Wildman–Crippen MR) is 93.4 cm³/mol. The summed E-state index contributed by atoms with van der Waals surface area (Å²) in [4.78, 5) is 20.1. The Hall–Kier alpha value is -1.81. The summed E-state index contributed by atoms with van der Waals surface area (Å²) in [5.74, 6) is 0.394. The average Bonchev–Trinajstić information content (AvgIpc) is 3.34. The molecule has 1 atom stereocenters. The molecule has 1 amide bonds. The van der Waals surface area contributed by atoms with Gasteiger partial charge in [-0.25, -0.2) is 4.98 Å². The number of carbonyl (C=O) groups is 1. The Morgan fingerprint density at radius 1 is 1.18 bits per heavy atom. The molecule has 156 valence electrons. The van der Waals surface area contributed by atoms with Crippen molar-refractivity contribution in [2.24, 2.45) is 11.8 Å². The molecule has 0 saturated heterocycles. The van der Waals surface area contributed by atoms with Gasteiger partial charge in [-0.3, -0.25) is 9.69 Å². The summed E-state index contributed by atoms with van der Waals surface area (Å²) in [6.07, 6.45) is -2.51. The van der Waals surface area contributed by atoms with Crippen LogP contribution in [0.15, 0.2) is 6.33 Å². The maximum Gasteiger partial charge on any atom is 0.417 e. The maximum atomic E-state index is 13.1. The lowest BCUT2D eigenvalue weighted by Gasteiger charge is -2.42. The van der Waals surface area contributed by atoms with Gasteiger partial charge in [-0.15, -0.1) is 0 Å². The van der Waals surface area contributed by atoms with Crippen LogP contribution in [0.2, 0.25) is 0 Å². The fourth-order valence-corrected chi connectivity index (χ4v) is 4.20. The topological polar surface area (TPSA) is 81.8 Å². The number of aromatic nitrogens is 2. The summed E-state index contributed by atoms with van der Waals surface area (Å²) >= 11 is 0. The first kappa shape index (κ1) is 19.5. The van der Waals surface area contributed by atoms with Crippen LogP contribution in [0.4, 0.5) is 19.0 Å². The van der Waals surface area contributed by atoms with Gasteiger partial charge < -0.3 is 19.7 Å². The van der Waals surface area contributed by atoms with Gasteiger partial charge in [0, 0.05) is 20.1 Å². The number of alkyl halides is 3. The van der Waals surface area contributed by atoms with Crippen molar-refractivity contribution in [2.45, 2.75) is 63.2 Å². The highest BCUT2D eigenvalue weighted by Crippen LogP contribution is 2.43. The van der Waals surface area contributed by atoms with Crippen molar-refractivity contribution in [1.29, 1.82) is 0 Å². The minimum absolute atomic E-state index is 0.143. The van der Waals surface area contributed by atoms with Crippen LogP contribution in [0, 0.1) is 11.8 Å². The Balaban J connectivity index is 1.48. The lowest BCUT2D eigenvalue weighted by Crippen LogP contribution is -2.56. The summed E-state index contributed by atoms with van der Waals surface area (Å²) in [6.45, 7) is 0.847. The van der Waals surface area contributed by atoms with Crippen molar-refractivity contribution in [1.82, 2.24) is 14.5 Å². The van der Waals surface area contributed by atoms with E-state index in [1.54, 1.807) is 13.4 Å². The molecule has 2 saturated carbocycles. The van der Waals surface area contributed by atoms with Gasteiger partial charge in [0.2, 0.25) is 6.35 Å². The van der Waals surface area contributed by atoms with Crippen molar-refractivity contribution in [3.05, 3.63) is 12.0 Å². The van der Waals surface area contributed by atoms with Gasteiger partial charge >= 0.3 is 6.18 Å². The summed E-state index contributed by atoms with van der Waals surface area (Å²) in [5, 5.41) is 20.4. The first-order valence-corrected chi connectivity index (χ1v) is 9.67. The number of halogens is 3. The molecular formula is C18H25F3N4O3. The van der Waals surface area contributed by atoms with Gasteiger partial charge in [0.15, 0.2) is 17.1 Å². The number of imidazole rings is 1. The van der Waals surface area contributed by atoms with Crippen LogP contribution in [0.1, 0.15) is 49.0 Å². The number of aliphatic hydroxyl groups is 2. The van der Waals surface area contributed by atoms with Crippen LogP contribution in [0.3, 0.4) is 0 Å². The molecule has 28 heavy (non-hydrogen) atoms. The number of amides is 1. The molecule has 2 aliphatic carbocycles. The van der Waals surface area contributed by atoms with Crippen molar-refractivity contribution >= 4 is 11.7 Å². The van der Waals surface area contributed by atoms with Crippen molar-refractivity contribution < 1.29 is 28.2 Å².